The Balaban J connectivity index is 1.76. The van der Waals surface area contributed by atoms with Gasteiger partial charge in [0.05, 0.1) is 11.1 Å². The molecule has 1 N–H and O–H groups in total. The fourth-order valence-corrected chi connectivity index (χ4v) is 2.50. The number of aromatic nitrogens is 3. The van der Waals surface area contributed by atoms with Crippen LogP contribution in [0.25, 0.3) is 10.9 Å². The predicted octanol–water partition coefficient (Wildman–Crippen LogP) is 1.66. The van der Waals surface area contributed by atoms with Crippen LogP contribution in [0.5, 0.6) is 0 Å². The zero-order valence-corrected chi connectivity index (χ0v) is 14.1. The third-order valence-corrected chi connectivity index (χ3v) is 3.84. The zero-order valence-electron chi connectivity index (χ0n) is 14.1. The molecule has 1 amide bonds. The van der Waals surface area contributed by atoms with E-state index in [1.165, 1.54) is 0 Å². The van der Waals surface area contributed by atoms with Crippen molar-refractivity contribution in [2.75, 3.05) is 11.6 Å². The van der Waals surface area contributed by atoms with Crippen molar-refractivity contribution in [2.45, 2.75) is 20.4 Å². The van der Waals surface area contributed by atoms with Crippen LogP contribution in [0.15, 0.2) is 53.3 Å². The molecule has 2 aromatic carbocycles. The van der Waals surface area contributed by atoms with E-state index in [4.69, 9.17) is 0 Å². The summed E-state index contributed by atoms with van der Waals surface area (Å²) >= 11 is 0. The van der Waals surface area contributed by atoms with Crippen molar-refractivity contribution in [3.05, 3.63) is 64.4 Å². The van der Waals surface area contributed by atoms with Crippen molar-refractivity contribution in [3.8, 4) is 0 Å². The van der Waals surface area contributed by atoms with Crippen LogP contribution in [-0.2, 0) is 11.3 Å². The lowest BCUT2D eigenvalue weighted by Gasteiger charge is -2.24. The van der Waals surface area contributed by atoms with Crippen LogP contribution in [0, 0.1) is 6.92 Å². The number of aryl methyl sites for hydroxylation is 1. The van der Waals surface area contributed by atoms with Gasteiger partial charge in [-0.25, -0.2) is 4.68 Å². The van der Waals surface area contributed by atoms with Crippen LogP contribution in [0.3, 0.4) is 0 Å². The Bertz CT molecular complexity index is 950. The van der Waals surface area contributed by atoms with Crippen molar-refractivity contribution in [1.82, 2.24) is 20.4 Å². The molecule has 0 aliphatic carbocycles. The number of carbonyl (C=O) groups excluding carboxylic acids is 1. The van der Waals surface area contributed by atoms with Crippen LogP contribution < -0.4 is 16.0 Å². The second kappa shape index (κ2) is 7.12. The minimum absolute atomic E-state index is 0.195. The highest BCUT2D eigenvalue weighted by Crippen LogP contribution is 2.12. The molecule has 0 atom stereocenters. The number of rotatable bonds is 5. The highest BCUT2D eigenvalue weighted by atomic mass is 16.2. The van der Waals surface area contributed by atoms with Crippen molar-refractivity contribution in [3.63, 3.8) is 0 Å². The van der Waals surface area contributed by atoms with Crippen molar-refractivity contribution in [2.24, 2.45) is 0 Å². The van der Waals surface area contributed by atoms with E-state index < -0.39 is 0 Å². The van der Waals surface area contributed by atoms with Crippen molar-refractivity contribution < 1.29 is 4.79 Å². The second-order valence-corrected chi connectivity index (χ2v) is 5.68. The summed E-state index contributed by atoms with van der Waals surface area (Å²) in [6.45, 7) is 4.33. The number of hydrogen-bond acceptors (Lipinski definition) is 5. The summed E-state index contributed by atoms with van der Waals surface area (Å²) < 4.78 is 1.07. The molecule has 0 aliphatic heterocycles. The lowest BCUT2D eigenvalue weighted by Crippen LogP contribution is -2.45. The SMILES string of the molecule is CCN(NC(=O)Cn1nnc2ccccc2c1=O)c1ccc(C)cc1. The zero-order chi connectivity index (χ0) is 17.8. The first kappa shape index (κ1) is 16.6. The van der Waals surface area contributed by atoms with E-state index in [0.717, 1.165) is 15.9 Å². The van der Waals surface area contributed by atoms with E-state index >= 15 is 0 Å². The molecule has 0 saturated heterocycles. The van der Waals surface area contributed by atoms with Crippen LogP contribution >= 0.6 is 0 Å². The standard InChI is InChI=1S/C18H19N5O2/c1-3-22(14-10-8-13(2)9-11-14)20-17(24)12-23-18(25)15-6-4-5-7-16(15)19-21-23/h4-11H,3,12H2,1-2H3,(H,20,24). The average Bonchev–Trinajstić information content (AvgIpc) is 2.63. The third-order valence-electron chi connectivity index (χ3n) is 3.84. The molecule has 1 aromatic heterocycles. The maximum atomic E-state index is 12.4. The first-order valence-electron chi connectivity index (χ1n) is 8.04. The molecule has 25 heavy (non-hydrogen) atoms. The Morgan fingerprint density at radius 2 is 1.88 bits per heavy atom. The Labute approximate surface area is 144 Å². The summed E-state index contributed by atoms with van der Waals surface area (Å²) in [6, 6.07) is 14.7. The summed E-state index contributed by atoms with van der Waals surface area (Å²) in [5.41, 5.74) is 4.99. The van der Waals surface area contributed by atoms with Crippen LogP contribution in [0.4, 0.5) is 5.69 Å². The Morgan fingerprint density at radius 3 is 2.60 bits per heavy atom. The normalized spacial score (nSPS) is 10.6. The van der Waals surface area contributed by atoms with E-state index in [-0.39, 0.29) is 18.0 Å². The maximum Gasteiger partial charge on any atom is 0.278 e. The predicted molar refractivity (Wildman–Crippen MR) is 96.1 cm³/mol. The van der Waals surface area contributed by atoms with E-state index in [2.05, 4.69) is 15.7 Å². The molecule has 0 unspecified atom stereocenters. The number of fused-ring (bicyclic) bond motifs is 1. The third kappa shape index (κ3) is 3.65. The molecule has 3 rings (SSSR count). The Morgan fingerprint density at radius 1 is 1.16 bits per heavy atom. The smallest absolute Gasteiger partial charge is 0.278 e. The molecule has 7 heteroatoms. The number of amides is 1. The van der Waals surface area contributed by atoms with Crippen molar-refractivity contribution >= 4 is 22.5 Å². The van der Waals surface area contributed by atoms with Gasteiger partial charge in [-0.1, -0.05) is 35.0 Å². The number of nitrogens with one attached hydrogen (secondary N) is 1. The molecule has 128 valence electrons. The van der Waals surface area contributed by atoms with Gasteiger partial charge in [-0.15, -0.1) is 5.10 Å². The topological polar surface area (TPSA) is 80.1 Å². The summed E-state index contributed by atoms with van der Waals surface area (Å²) in [4.78, 5) is 24.7. The van der Waals surface area contributed by atoms with Gasteiger partial charge in [-0.2, -0.15) is 0 Å². The van der Waals surface area contributed by atoms with Crippen LogP contribution in [0.1, 0.15) is 12.5 Å². The Hall–Kier alpha value is -3.22. The fourth-order valence-electron chi connectivity index (χ4n) is 2.50. The molecule has 0 aliphatic rings. The molecule has 7 nitrogen and oxygen atoms in total. The van der Waals surface area contributed by atoms with Gasteiger partial charge in [0.1, 0.15) is 12.1 Å². The summed E-state index contributed by atoms with van der Waals surface area (Å²) in [5.74, 6) is -0.339. The molecule has 0 saturated carbocycles. The molecule has 1 heterocycles. The summed E-state index contributed by atoms with van der Waals surface area (Å²) in [7, 11) is 0. The fraction of sp³-hybridized carbons (Fsp3) is 0.222. The van der Waals surface area contributed by atoms with Crippen LogP contribution in [0.2, 0.25) is 0 Å². The number of nitrogens with zero attached hydrogens (tertiary/aromatic N) is 4. The van der Waals surface area contributed by atoms with Gasteiger partial charge >= 0.3 is 0 Å². The van der Waals surface area contributed by atoms with E-state index in [1.54, 1.807) is 29.3 Å². The van der Waals surface area contributed by atoms with E-state index in [0.29, 0.717) is 17.4 Å². The lowest BCUT2D eigenvalue weighted by atomic mass is 10.2. The number of carbonyl (C=O) groups is 1. The van der Waals surface area contributed by atoms with Gasteiger partial charge in [0.25, 0.3) is 11.5 Å². The minimum Gasteiger partial charge on any atom is -0.286 e. The summed E-state index contributed by atoms with van der Waals surface area (Å²) in [6.07, 6.45) is 0. The lowest BCUT2D eigenvalue weighted by molar-refractivity contribution is -0.122. The monoisotopic (exact) mass is 337 g/mol. The quantitative estimate of drug-likeness (QED) is 0.716. The number of hydrazine groups is 1. The van der Waals surface area contributed by atoms with Gasteiger partial charge in [0.2, 0.25) is 0 Å². The van der Waals surface area contributed by atoms with E-state index in [9.17, 15) is 9.59 Å². The largest absolute Gasteiger partial charge is 0.286 e. The van der Waals surface area contributed by atoms with Gasteiger partial charge in [0, 0.05) is 6.54 Å². The average molecular weight is 337 g/mol. The molecule has 0 radical (unpaired) electrons. The van der Waals surface area contributed by atoms with Gasteiger partial charge in [-0.05, 0) is 38.1 Å². The molecule has 0 spiro atoms. The molecule has 0 bridgehead atoms. The summed E-state index contributed by atoms with van der Waals surface area (Å²) in [5, 5.41) is 9.98. The number of hydrogen-bond donors (Lipinski definition) is 1. The first-order valence-corrected chi connectivity index (χ1v) is 8.04. The van der Waals surface area contributed by atoms with Gasteiger partial charge in [0.15, 0.2) is 0 Å². The Kier molecular flexibility index (Phi) is 4.74. The maximum absolute atomic E-state index is 12.4. The highest BCUT2D eigenvalue weighted by Gasteiger charge is 2.12. The molecular weight excluding hydrogens is 318 g/mol. The number of anilines is 1. The van der Waals surface area contributed by atoms with Crippen LogP contribution in [-0.4, -0.2) is 27.4 Å². The van der Waals surface area contributed by atoms with Gasteiger partial charge in [-0.3, -0.25) is 20.0 Å². The highest BCUT2D eigenvalue weighted by molar-refractivity contribution is 5.79. The molecule has 0 fully saturated rings. The van der Waals surface area contributed by atoms with E-state index in [1.807, 2.05) is 38.1 Å². The first-order chi connectivity index (χ1) is 12.1. The van der Waals surface area contributed by atoms with Gasteiger partial charge < -0.3 is 0 Å². The molecular formula is C18H19N5O2. The number of benzene rings is 2. The minimum atomic E-state index is -0.339. The van der Waals surface area contributed by atoms with Crippen molar-refractivity contribution in [1.29, 1.82) is 0 Å². The molecule has 3 aromatic rings. The second-order valence-electron chi connectivity index (χ2n) is 5.68.